The number of rotatable bonds is 4. The van der Waals surface area contributed by atoms with Crippen molar-refractivity contribution in [1.82, 2.24) is 9.80 Å². The van der Waals surface area contributed by atoms with Gasteiger partial charge in [-0.25, -0.2) is 0 Å². The Balaban J connectivity index is 1.31. The Morgan fingerprint density at radius 3 is 2.96 bits per heavy atom. The summed E-state index contributed by atoms with van der Waals surface area (Å²) in [5.74, 6) is 1.75. The van der Waals surface area contributed by atoms with E-state index in [4.69, 9.17) is 4.42 Å². The molecule has 0 bridgehead atoms. The smallest absolute Gasteiger partial charge is 0.226 e. The summed E-state index contributed by atoms with van der Waals surface area (Å²) in [7, 11) is 0. The molecule has 23 heavy (non-hydrogen) atoms. The van der Waals surface area contributed by atoms with E-state index in [1.54, 1.807) is 6.26 Å². The number of nitrogens with zero attached hydrogens (tertiary/aromatic N) is 2. The van der Waals surface area contributed by atoms with Gasteiger partial charge in [-0.1, -0.05) is 6.07 Å². The lowest BCUT2D eigenvalue weighted by molar-refractivity contribution is -0.132. The van der Waals surface area contributed by atoms with Gasteiger partial charge < -0.3 is 9.32 Å². The zero-order valence-electron chi connectivity index (χ0n) is 13.2. The molecular weight excluding hydrogens is 308 g/mol. The Hall–Kier alpha value is -1.59. The minimum absolute atomic E-state index is 0.144. The van der Waals surface area contributed by atoms with Gasteiger partial charge in [0.05, 0.1) is 6.26 Å². The minimum Gasteiger partial charge on any atom is -0.469 e. The van der Waals surface area contributed by atoms with E-state index in [1.165, 1.54) is 4.88 Å². The van der Waals surface area contributed by atoms with Crippen molar-refractivity contribution in [1.29, 1.82) is 0 Å². The van der Waals surface area contributed by atoms with Crippen LogP contribution in [0.2, 0.25) is 0 Å². The summed E-state index contributed by atoms with van der Waals surface area (Å²) in [6, 6.07) is 8.19. The van der Waals surface area contributed by atoms with Gasteiger partial charge in [0, 0.05) is 49.4 Å². The maximum absolute atomic E-state index is 12.7. The van der Waals surface area contributed by atoms with Crippen LogP contribution in [0.1, 0.15) is 29.4 Å². The fraction of sp³-hybridized carbons (Fsp3) is 0.500. The summed E-state index contributed by atoms with van der Waals surface area (Å²) in [6.07, 6.45) is 3.71. The Morgan fingerprint density at radius 2 is 2.17 bits per heavy atom. The number of hydrogen-bond acceptors (Lipinski definition) is 4. The van der Waals surface area contributed by atoms with Crippen molar-refractivity contribution in [2.75, 3.05) is 26.2 Å². The van der Waals surface area contributed by atoms with E-state index in [9.17, 15) is 4.79 Å². The van der Waals surface area contributed by atoms with E-state index in [2.05, 4.69) is 27.3 Å². The van der Waals surface area contributed by atoms with Crippen LogP contribution in [-0.2, 0) is 11.3 Å². The zero-order valence-corrected chi connectivity index (χ0v) is 14.0. The standard InChI is InChI=1S/C18H22N2O2S/c21-18(16-12-15(16)17-5-1-10-22-17)20-7-3-6-19(8-9-20)13-14-4-2-11-23-14/h1-2,4-5,10-11,15-16H,3,6-9,12-13H2/t15-,16-/m1/s1. The van der Waals surface area contributed by atoms with Crippen molar-refractivity contribution in [3.05, 3.63) is 46.5 Å². The molecule has 5 heteroatoms. The third kappa shape index (κ3) is 3.35. The van der Waals surface area contributed by atoms with Crippen LogP contribution in [0.5, 0.6) is 0 Å². The number of carbonyl (C=O) groups excluding carboxylic acids is 1. The highest BCUT2D eigenvalue weighted by Gasteiger charge is 2.47. The molecule has 1 amide bonds. The van der Waals surface area contributed by atoms with Crippen LogP contribution in [0.25, 0.3) is 0 Å². The highest BCUT2D eigenvalue weighted by atomic mass is 32.1. The highest BCUT2D eigenvalue weighted by Crippen LogP contribution is 2.48. The van der Waals surface area contributed by atoms with Crippen molar-refractivity contribution in [2.24, 2.45) is 5.92 Å². The summed E-state index contributed by atoms with van der Waals surface area (Å²) in [6.45, 7) is 4.81. The van der Waals surface area contributed by atoms with Crippen LogP contribution in [0.15, 0.2) is 40.3 Å². The Kier molecular flexibility index (Phi) is 4.23. The van der Waals surface area contributed by atoms with Crippen LogP contribution in [0.4, 0.5) is 0 Å². The molecular formula is C18H22N2O2S. The summed E-state index contributed by atoms with van der Waals surface area (Å²) >= 11 is 1.81. The Morgan fingerprint density at radius 1 is 1.22 bits per heavy atom. The lowest BCUT2D eigenvalue weighted by Gasteiger charge is -2.21. The van der Waals surface area contributed by atoms with Gasteiger partial charge >= 0.3 is 0 Å². The van der Waals surface area contributed by atoms with Gasteiger partial charge in [0.2, 0.25) is 5.91 Å². The molecule has 0 unspecified atom stereocenters. The number of furan rings is 1. The Bertz CT molecular complexity index is 638. The third-order valence-electron chi connectivity index (χ3n) is 4.88. The van der Waals surface area contributed by atoms with Gasteiger partial charge in [0.25, 0.3) is 0 Å². The summed E-state index contributed by atoms with van der Waals surface area (Å²) in [5.41, 5.74) is 0. The van der Waals surface area contributed by atoms with E-state index >= 15 is 0 Å². The molecule has 0 N–H and O–H groups in total. The van der Waals surface area contributed by atoms with Crippen molar-refractivity contribution in [3.8, 4) is 0 Å². The van der Waals surface area contributed by atoms with Gasteiger partial charge in [-0.3, -0.25) is 9.69 Å². The van der Waals surface area contributed by atoms with Crippen LogP contribution in [-0.4, -0.2) is 41.9 Å². The molecule has 3 heterocycles. The first-order valence-electron chi connectivity index (χ1n) is 8.38. The topological polar surface area (TPSA) is 36.7 Å². The number of amides is 1. The second-order valence-corrected chi connectivity index (χ2v) is 7.53. The molecule has 2 aliphatic rings. The fourth-order valence-electron chi connectivity index (χ4n) is 3.49. The summed E-state index contributed by atoms with van der Waals surface area (Å²) < 4.78 is 5.45. The maximum atomic E-state index is 12.7. The van der Waals surface area contributed by atoms with E-state index in [-0.39, 0.29) is 5.92 Å². The molecule has 1 aliphatic heterocycles. The van der Waals surface area contributed by atoms with E-state index in [0.717, 1.165) is 51.3 Å². The molecule has 1 saturated heterocycles. The van der Waals surface area contributed by atoms with Crippen LogP contribution in [0, 0.1) is 5.92 Å². The molecule has 4 rings (SSSR count). The SMILES string of the molecule is O=C([C@@H]1C[C@H]1c1ccco1)N1CCCN(Cc2cccs2)CC1. The van der Waals surface area contributed by atoms with E-state index in [1.807, 2.05) is 23.5 Å². The molecule has 4 nitrogen and oxygen atoms in total. The van der Waals surface area contributed by atoms with Crippen molar-refractivity contribution >= 4 is 17.2 Å². The first kappa shape index (κ1) is 15.0. The molecule has 2 aromatic rings. The van der Waals surface area contributed by atoms with Crippen molar-refractivity contribution < 1.29 is 9.21 Å². The molecule has 1 aliphatic carbocycles. The number of carbonyl (C=O) groups is 1. The number of hydrogen-bond donors (Lipinski definition) is 0. The lowest BCUT2D eigenvalue weighted by atomic mass is 10.2. The van der Waals surface area contributed by atoms with Gasteiger partial charge in [-0.2, -0.15) is 0 Å². The predicted octanol–water partition coefficient (Wildman–Crippen LogP) is 3.18. The normalized spacial score (nSPS) is 25.3. The third-order valence-corrected chi connectivity index (χ3v) is 5.74. The molecule has 122 valence electrons. The first-order valence-corrected chi connectivity index (χ1v) is 9.26. The molecule has 0 spiro atoms. The second kappa shape index (κ2) is 6.49. The largest absolute Gasteiger partial charge is 0.469 e. The molecule has 1 saturated carbocycles. The van der Waals surface area contributed by atoms with Crippen LogP contribution < -0.4 is 0 Å². The fourth-order valence-corrected chi connectivity index (χ4v) is 4.24. The van der Waals surface area contributed by atoms with Gasteiger partial charge in [0.15, 0.2) is 0 Å². The molecule has 0 radical (unpaired) electrons. The molecule has 2 fully saturated rings. The van der Waals surface area contributed by atoms with Crippen molar-refractivity contribution in [2.45, 2.75) is 25.3 Å². The van der Waals surface area contributed by atoms with Gasteiger partial charge in [0.1, 0.15) is 5.76 Å². The lowest BCUT2D eigenvalue weighted by Crippen LogP contribution is -2.36. The van der Waals surface area contributed by atoms with Gasteiger partial charge in [-0.15, -0.1) is 11.3 Å². The predicted molar refractivity (Wildman–Crippen MR) is 90.3 cm³/mol. The molecule has 2 aromatic heterocycles. The molecule has 2 atom stereocenters. The zero-order chi connectivity index (χ0) is 15.6. The maximum Gasteiger partial charge on any atom is 0.226 e. The summed E-state index contributed by atoms with van der Waals surface area (Å²) in [4.78, 5) is 18.7. The average Bonchev–Trinajstić information content (AvgIpc) is 2.96. The second-order valence-electron chi connectivity index (χ2n) is 6.50. The van der Waals surface area contributed by atoms with E-state index < -0.39 is 0 Å². The number of thiophene rings is 1. The monoisotopic (exact) mass is 330 g/mol. The van der Waals surface area contributed by atoms with Gasteiger partial charge in [-0.05, 0) is 36.4 Å². The van der Waals surface area contributed by atoms with Crippen molar-refractivity contribution in [3.63, 3.8) is 0 Å². The first-order chi connectivity index (χ1) is 11.3. The van der Waals surface area contributed by atoms with Crippen LogP contribution in [0.3, 0.4) is 0 Å². The highest BCUT2D eigenvalue weighted by molar-refractivity contribution is 7.09. The minimum atomic E-state index is 0.144. The molecule has 0 aromatic carbocycles. The van der Waals surface area contributed by atoms with E-state index in [0.29, 0.717) is 11.8 Å². The quantitative estimate of drug-likeness (QED) is 0.864. The Labute approximate surface area is 140 Å². The van der Waals surface area contributed by atoms with Crippen LogP contribution >= 0.6 is 11.3 Å². The average molecular weight is 330 g/mol. The summed E-state index contributed by atoms with van der Waals surface area (Å²) in [5, 5.41) is 2.13.